The first kappa shape index (κ1) is 19.8. The van der Waals surface area contributed by atoms with Crippen molar-refractivity contribution in [2.45, 2.75) is 52.3 Å². The van der Waals surface area contributed by atoms with Gasteiger partial charge in [-0.3, -0.25) is 0 Å². The normalized spacial score (nSPS) is 12.2. The van der Waals surface area contributed by atoms with Gasteiger partial charge in [0.25, 0.3) is 0 Å². The first-order chi connectivity index (χ1) is 11.2. The van der Waals surface area contributed by atoms with Crippen LogP contribution in [0.1, 0.15) is 39.7 Å². The molecule has 0 radical (unpaired) electrons. The van der Waals surface area contributed by atoms with Crippen LogP contribution >= 0.6 is 0 Å². The topological polar surface area (TPSA) is 70.7 Å². The predicted molar refractivity (Wildman–Crippen MR) is 94.8 cm³/mol. The molecule has 0 aliphatic heterocycles. The molecule has 0 saturated heterocycles. The average Bonchev–Trinajstić information content (AvgIpc) is 2.52. The highest BCUT2D eigenvalue weighted by Crippen LogP contribution is 2.13. The summed E-state index contributed by atoms with van der Waals surface area (Å²) < 4.78 is 5.51. The van der Waals surface area contributed by atoms with E-state index in [1.165, 1.54) is 0 Å². The van der Waals surface area contributed by atoms with Crippen LogP contribution in [0.15, 0.2) is 30.3 Å². The van der Waals surface area contributed by atoms with Gasteiger partial charge in [0.2, 0.25) is 0 Å². The van der Waals surface area contributed by atoms with Crippen molar-refractivity contribution in [1.82, 2.24) is 15.5 Å². The Morgan fingerprint density at radius 2 is 1.83 bits per heavy atom. The van der Waals surface area contributed by atoms with Crippen LogP contribution < -0.4 is 10.6 Å². The number of nitrogens with zero attached hydrogens (tertiary/aromatic N) is 1. The largest absolute Gasteiger partial charge is 0.444 e. The molecule has 1 atom stereocenters. The molecule has 1 aromatic carbocycles. The summed E-state index contributed by atoms with van der Waals surface area (Å²) in [5.41, 5.74) is 0.445. The Morgan fingerprint density at radius 3 is 2.33 bits per heavy atom. The molecule has 0 fully saturated rings. The zero-order valence-corrected chi connectivity index (χ0v) is 15.3. The van der Waals surface area contributed by atoms with Crippen LogP contribution in [0.4, 0.5) is 9.59 Å². The van der Waals surface area contributed by atoms with Crippen molar-refractivity contribution in [2.24, 2.45) is 0 Å². The fourth-order valence-electron chi connectivity index (χ4n) is 2.13. The Bertz CT molecular complexity index is 526. The Hall–Kier alpha value is -2.24. The zero-order valence-electron chi connectivity index (χ0n) is 15.3. The van der Waals surface area contributed by atoms with E-state index in [4.69, 9.17) is 4.74 Å². The Balaban J connectivity index is 2.86. The molecule has 0 heterocycles. The highest BCUT2D eigenvalue weighted by atomic mass is 16.6. The monoisotopic (exact) mass is 335 g/mol. The van der Waals surface area contributed by atoms with Crippen LogP contribution in [0, 0.1) is 0 Å². The Morgan fingerprint density at radius 1 is 1.21 bits per heavy atom. The van der Waals surface area contributed by atoms with E-state index in [2.05, 4.69) is 10.6 Å². The van der Waals surface area contributed by atoms with E-state index < -0.39 is 5.60 Å². The van der Waals surface area contributed by atoms with Crippen molar-refractivity contribution >= 4 is 12.1 Å². The first-order valence-electron chi connectivity index (χ1n) is 8.25. The van der Waals surface area contributed by atoms with Gasteiger partial charge in [-0.15, -0.1) is 0 Å². The number of amides is 3. The number of rotatable bonds is 6. The van der Waals surface area contributed by atoms with Crippen LogP contribution in [0.3, 0.4) is 0 Å². The number of ether oxygens (including phenoxy) is 1. The van der Waals surface area contributed by atoms with Crippen LogP contribution in [-0.4, -0.2) is 42.3 Å². The van der Waals surface area contributed by atoms with Crippen molar-refractivity contribution in [2.75, 3.05) is 13.6 Å². The predicted octanol–water partition coefficient (Wildman–Crippen LogP) is 3.13. The lowest BCUT2D eigenvalue weighted by atomic mass is 10.1. The molecule has 6 nitrogen and oxygen atoms in total. The van der Waals surface area contributed by atoms with E-state index in [1.54, 1.807) is 11.9 Å². The number of carbonyl (C=O) groups is 2. The van der Waals surface area contributed by atoms with E-state index in [-0.39, 0.29) is 18.2 Å². The van der Waals surface area contributed by atoms with Gasteiger partial charge < -0.3 is 20.3 Å². The first-order valence-corrected chi connectivity index (χ1v) is 8.25. The lowest BCUT2D eigenvalue weighted by Crippen LogP contribution is -2.48. The molecular weight excluding hydrogens is 306 g/mol. The highest BCUT2D eigenvalue weighted by molar-refractivity contribution is 5.74. The lowest BCUT2D eigenvalue weighted by Gasteiger charge is -2.30. The van der Waals surface area contributed by atoms with Crippen molar-refractivity contribution in [3.05, 3.63) is 35.9 Å². The summed E-state index contributed by atoms with van der Waals surface area (Å²) in [6.07, 6.45) is 0.324. The van der Waals surface area contributed by atoms with Crippen molar-refractivity contribution in [3.8, 4) is 0 Å². The standard InChI is InChI=1S/C18H29N3O3/c1-6-15(20-16(22)19-5)13-21(17(23)24-18(2,3)4)12-14-10-8-7-9-11-14/h7-11,15H,6,12-13H2,1-5H3,(H2,19,20,22). The maximum atomic E-state index is 12.5. The van der Waals surface area contributed by atoms with Crippen molar-refractivity contribution in [3.63, 3.8) is 0 Å². The van der Waals surface area contributed by atoms with Crippen LogP contribution in [-0.2, 0) is 11.3 Å². The number of hydrogen-bond acceptors (Lipinski definition) is 3. The van der Waals surface area contributed by atoms with Crippen molar-refractivity contribution < 1.29 is 14.3 Å². The second-order valence-electron chi connectivity index (χ2n) is 6.68. The van der Waals surface area contributed by atoms with Gasteiger partial charge >= 0.3 is 12.1 Å². The quantitative estimate of drug-likeness (QED) is 0.839. The summed E-state index contributed by atoms with van der Waals surface area (Å²) >= 11 is 0. The van der Waals surface area contributed by atoms with Gasteiger partial charge in [0.15, 0.2) is 0 Å². The second-order valence-corrected chi connectivity index (χ2v) is 6.68. The summed E-state index contributed by atoms with van der Waals surface area (Å²) in [5, 5.41) is 5.39. The molecule has 3 amide bonds. The highest BCUT2D eigenvalue weighted by Gasteiger charge is 2.25. The fraction of sp³-hybridized carbons (Fsp3) is 0.556. The molecule has 6 heteroatoms. The molecule has 1 rings (SSSR count). The molecular formula is C18H29N3O3. The summed E-state index contributed by atoms with van der Waals surface area (Å²) in [5.74, 6) is 0. The van der Waals surface area contributed by atoms with Gasteiger partial charge in [-0.2, -0.15) is 0 Å². The van der Waals surface area contributed by atoms with Crippen molar-refractivity contribution in [1.29, 1.82) is 0 Å². The number of carbonyl (C=O) groups excluding carboxylic acids is 2. The van der Waals surface area contributed by atoms with Crippen LogP contribution in [0.25, 0.3) is 0 Å². The molecule has 0 aliphatic carbocycles. The fourth-order valence-corrected chi connectivity index (χ4v) is 2.13. The Kier molecular flexibility index (Phi) is 7.55. The van der Waals surface area contributed by atoms with Gasteiger partial charge in [-0.05, 0) is 32.8 Å². The number of nitrogens with one attached hydrogen (secondary N) is 2. The maximum absolute atomic E-state index is 12.5. The molecule has 24 heavy (non-hydrogen) atoms. The minimum Gasteiger partial charge on any atom is -0.444 e. The third kappa shape index (κ3) is 7.35. The molecule has 134 valence electrons. The summed E-state index contributed by atoms with van der Waals surface area (Å²) in [6, 6.07) is 9.32. The lowest BCUT2D eigenvalue weighted by molar-refractivity contribution is 0.0215. The number of benzene rings is 1. The van der Waals surface area contributed by atoms with Gasteiger partial charge in [0.1, 0.15) is 5.60 Å². The summed E-state index contributed by atoms with van der Waals surface area (Å²) in [4.78, 5) is 25.7. The third-order valence-corrected chi connectivity index (χ3v) is 3.36. The van der Waals surface area contributed by atoms with Crippen LogP contribution in [0.2, 0.25) is 0 Å². The van der Waals surface area contributed by atoms with Gasteiger partial charge in [-0.1, -0.05) is 37.3 Å². The SMILES string of the molecule is CCC(CN(Cc1ccccc1)C(=O)OC(C)(C)C)NC(=O)NC. The van der Waals surface area contributed by atoms with E-state index in [1.807, 2.05) is 58.0 Å². The minimum atomic E-state index is -0.568. The van der Waals surface area contributed by atoms with E-state index >= 15 is 0 Å². The van der Waals surface area contributed by atoms with E-state index in [0.29, 0.717) is 19.5 Å². The summed E-state index contributed by atoms with van der Waals surface area (Å²) in [7, 11) is 1.57. The molecule has 0 aliphatic rings. The van der Waals surface area contributed by atoms with Crippen LogP contribution in [0.5, 0.6) is 0 Å². The maximum Gasteiger partial charge on any atom is 0.410 e. The molecule has 0 bridgehead atoms. The molecule has 1 aromatic rings. The molecule has 1 unspecified atom stereocenters. The van der Waals surface area contributed by atoms with E-state index in [0.717, 1.165) is 5.56 Å². The zero-order chi connectivity index (χ0) is 18.2. The average molecular weight is 335 g/mol. The number of hydrogen-bond donors (Lipinski definition) is 2. The third-order valence-electron chi connectivity index (χ3n) is 3.36. The molecule has 0 spiro atoms. The minimum absolute atomic E-state index is 0.152. The number of urea groups is 1. The van der Waals surface area contributed by atoms with E-state index in [9.17, 15) is 9.59 Å². The smallest absolute Gasteiger partial charge is 0.410 e. The van der Waals surface area contributed by atoms with Gasteiger partial charge in [-0.25, -0.2) is 9.59 Å². The molecule has 2 N–H and O–H groups in total. The molecule has 0 aromatic heterocycles. The van der Waals surface area contributed by atoms with Gasteiger partial charge in [0, 0.05) is 26.2 Å². The van der Waals surface area contributed by atoms with Gasteiger partial charge in [0.05, 0.1) is 0 Å². The molecule has 0 saturated carbocycles. The summed E-state index contributed by atoms with van der Waals surface area (Å²) in [6.45, 7) is 8.30. The second kappa shape index (κ2) is 9.15. The Labute approximate surface area is 144 Å².